The maximum Gasteiger partial charge on any atom is 0.307 e. The molecule has 2 heterocycles. The number of hydrogen-bond donors (Lipinski definition) is 1. The maximum absolute atomic E-state index is 11.5. The maximum atomic E-state index is 11.5. The summed E-state index contributed by atoms with van der Waals surface area (Å²) in [4.78, 5) is 16.1. The van der Waals surface area contributed by atoms with Gasteiger partial charge in [0.1, 0.15) is 17.3 Å². The smallest absolute Gasteiger partial charge is 0.307 e. The molecule has 158 valence electrons. The van der Waals surface area contributed by atoms with E-state index in [0.717, 1.165) is 53.4 Å². The molecule has 2 aromatic heterocycles. The minimum atomic E-state index is -0.868. The molecule has 0 spiro atoms. The standard InChI is InChI=1S/C24H27ClN2O3/c1-3-4-9-23-26-15-20(27(23)16-19-7-5-6-8-22(19)25)12-18(14-24(28)29)13-21-11-10-17(2)30-21/h5-8,10-12,15H,3-4,9,13-14,16H2,1-2H3,(H,28,29). The topological polar surface area (TPSA) is 68.3 Å². The summed E-state index contributed by atoms with van der Waals surface area (Å²) in [7, 11) is 0. The molecule has 0 aliphatic carbocycles. The molecule has 6 heteroatoms. The van der Waals surface area contributed by atoms with Gasteiger partial charge in [-0.1, -0.05) is 43.1 Å². The van der Waals surface area contributed by atoms with E-state index in [0.29, 0.717) is 18.0 Å². The van der Waals surface area contributed by atoms with E-state index in [-0.39, 0.29) is 6.42 Å². The third kappa shape index (κ3) is 5.86. The summed E-state index contributed by atoms with van der Waals surface area (Å²) in [6.07, 6.45) is 7.11. The van der Waals surface area contributed by atoms with E-state index in [1.165, 1.54) is 0 Å². The number of furan rings is 1. The number of benzene rings is 1. The monoisotopic (exact) mass is 426 g/mol. The van der Waals surface area contributed by atoms with Crippen LogP contribution in [0.4, 0.5) is 0 Å². The van der Waals surface area contributed by atoms with Crippen molar-refractivity contribution in [1.29, 1.82) is 0 Å². The van der Waals surface area contributed by atoms with Gasteiger partial charge in [-0.05, 0) is 48.8 Å². The first kappa shape index (κ1) is 21.9. The SMILES string of the molecule is CCCCc1ncc(C=C(CC(=O)O)Cc2ccc(C)o2)n1Cc1ccccc1Cl. The predicted octanol–water partition coefficient (Wildman–Crippen LogP) is 5.93. The highest BCUT2D eigenvalue weighted by Gasteiger charge is 2.14. The molecular formula is C24H27ClN2O3. The zero-order valence-electron chi connectivity index (χ0n) is 17.4. The Morgan fingerprint density at radius 1 is 1.27 bits per heavy atom. The zero-order valence-corrected chi connectivity index (χ0v) is 18.2. The second-order valence-electron chi connectivity index (χ2n) is 7.44. The van der Waals surface area contributed by atoms with Gasteiger partial charge in [-0.25, -0.2) is 4.98 Å². The lowest BCUT2D eigenvalue weighted by molar-refractivity contribution is -0.136. The Morgan fingerprint density at radius 3 is 2.73 bits per heavy atom. The summed E-state index contributed by atoms with van der Waals surface area (Å²) < 4.78 is 7.79. The van der Waals surface area contributed by atoms with E-state index < -0.39 is 5.97 Å². The number of carbonyl (C=O) groups is 1. The number of carboxylic acid groups (broad SMARTS) is 1. The minimum absolute atomic E-state index is 0.0543. The number of halogens is 1. The molecule has 1 N–H and O–H groups in total. The van der Waals surface area contributed by atoms with E-state index >= 15 is 0 Å². The normalized spacial score (nSPS) is 11.8. The van der Waals surface area contributed by atoms with Gasteiger partial charge < -0.3 is 14.1 Å². The number of aryl methyl sites for hydroxylation is 2. The number of rotatable bonds is 10. The third-order valence-corrected chi connectivity index (χ3v) is 5.31. The summed E-state index contributed by atoms with van der Waals surface area (Å²) in [5.74, 6) is 1.67. The lowest BCUT2D eigenvalue weighted by atomic mass is 10.1. The van der Waals surface area contributed by atoms with Gasteiger partial charge in [-0.3, -0.25) is 4.79 Å². The fourth-order valence-electron chi connectivity index (χ4n) is 3.43. The summed E-state index contributed by atoms with van der Waals surface area (Å²) >= 11 is 6.40. The number of hydrogen-bond acceptors (Lipinski definition) is 3. The summed E-state index contributed by atoms with van der Waals surface area (Å²) in [5.41, 5.74) is 2.64. The molecule has 0 radical (unpaired) electrons. The van der Waals surface area contributed by atoms with Gasteiger partial charge in [0.2, 0.25) is 0 Å². The van der Waals surface area contributed by atoms with Crippen molar-refractivity contribution in [3.8, 4) is 0 Å². The Balaban J connectivity index is 1.97. The van der Waals surface area contributed by atoms with Crippen LogP contribution >= 0.6 is 11.6 Å². The number of carboxylic acids is 1. The Bertz CT molecular complexity index is 1030. The van der Waals surface area contributed by atoms with E-state index in [1.54, 1.807) is 0 Å². The van der Waals surface area contributed by atoms with Crippen LogP contribution in [0.25, 0.3) is 6.08 Å². The second kappa shape index (κ2) is 10.3. The van der Waals surface area contributed by atoms with Crippen molar-refractivity contribution in [2.75, 3.05) is 0 Å². The van der Waals surface area contributed by atoms with E-state index in [2.05, 4.69) is 16.5 Å². The van der Waals surface area contributed by atoms with Crippen molar-refractivity contribution in [2.45, 2.75) is 52.5 Å². The van der Waals surface area contributed by atoms with Crippen LogP contribution in [0.5, 0.6) is 0 Å². The number of unbranched alkanes of at least 4 members (excludes halogenated alkanes) is 1. The highest BCUT2D eigenvalue weighted by molar-refractivity contribution is 6.31. The van der Waals surface area contributed by atoms with Crippen molar-refractivity contribution in [3.63, 3.8) is 0 Å². The molecule has 0 aliphatic rings. The fraction of sp³-hybridized carbons (Fsp3) is 0.333. The first-order valence-corrected chi connectivity index (χ1v) is 10.6. The van der Waals surface area contributed by atoms with Crippen molar-refractivity contribution >= 4 is 23.6 Å². The summed E-state index contributed by atoms with van der Waals surface area (Å²) in [6, 6.07) is 11.5. The molecule has 0 aliphatic heterocycles. The molecule has 0 unspecified atom stereocenters. The van der Waals surface area contributed by atoms with Crippen LogP contribution in [0.15, 0.2) is 52.6 Å². The Hall–Kier alpha value is -2.79. The van der Waals surface area contributed by atoms with Gasteiger partial charge >= 0.3 is 5.97 Å². The lowest BCUT2D eigenvalue weighted by Gasteiger charge is -2.13. The molecule has 3 rings (SSSR count). The zero-order chi connectivity index (χ0) is 21.5. The third-order valence-electron chi connectivity index (χ3n) is 4.94. The molecule has 0 amide bonds. The average molecular weight is 427 g/mol. The van der Waals surface area contributed by atoms with Crippen LogP contribution in [0.2, 0.25) is 5.02 Å². The van der Waals surface area contributed by atoms with Crippen molar-refractivity contribution in [2.24, 2.45) is 0 Å². The molecule has 3 aromatic rings. The quantitative estimate of drug-likeness (QED) is 0.436. The Labute approximate surface area is 182 Å². The number of aromatic nitrogens is 2. The Kier molecular flexibility index (Phi) is 7.52. The number of imidazole rings is 1. The predicted molar refractivity (Wildman–Crippen MR) is 119 cm³/mol. The summed E-state index contributed by atoms with van der Waals surface area (Å²) in [5, 5.41) is 10.1. The average Bonchev–Trinajstić information content (AvgIpc) is 3.27. The van der Waals surface area contributed by atoms with Gasteiger partial charge in [0, 0.05) is 17.9 Å². The summed E-state index contributed by atoms with van der Waals surface area (Å²) in [6.45, 7) is 4.62. The van der Waals surface area contributed by atoms with Crippen LogP contribution < -0.4 is 0 Å². The molecule has 1 aromatic carbocycles. The van der Waals surface area contributed by atoms with Crippen LogP contribution in [0.3, 0.4) is 0 Å². The van der Waals surface area contributed by atoms with Gasteiger partial charge in [-0.15, -0.1) is 0 Å². The van der Waals surface area contributed by atoms with Crippen LogP contribution in [0.1, 0.15) is 54.8 Å². The molecule has 0 bridgehead atoms. The molecule has 5 nitrogen and oxygen atoms in total. The lowest BCUT2D eigenvalue weighted by Crippen LogP contribution is -2.08. The molecular weight excluding hydrogens is 400 g/mol. The van der Waals surface area contributed by atoms with Gasteiger partial charge in [0.15, 0.2) is 0 Å². The molecule has 0 fully saturated rings. The van der Waals surface area contributed by atoms with E-state index in [9.17, 15) is 9.90 Å². The molecule has 0 saturated carbocycles. The van der Waals surface area contributed by atoms with E-state index in [1.807, 2.05) is 55.6 Å². The number of aliphatic carboxylic acids is 1. The van der Waals surface area contributed by atoms with Crippen LogP contribution in [0, 0.1) is 6.92 Å². The first-order chi connectivity index (χ1) is 14.5. The fourth-order valence-corrected chi connectivity index (χ4v) is 3.63. The van der Waals surface area contributed by atoms with Crippen LogP contribution in [-0.4, -0.2) is 20.6 Å². The Morgan fingerprint density at radius 2 is 2.07 bits per heavy atom. The van der Waals surface area contributed by atoms with Gasteiger partial charge in [0.25, 0.3) is 0 Å². The largest absolute Gasteiger partial charge is 0.481 e. The number of nitrogens with zero attached hydrogens (tertiary/aromatic N) is 2. The first-order valence-electron chi connectivity index (χ1n) is 10.2. The minimum Gasteiger partial charge on any atom is -0.481 e. The highest BCUT2D eigenvalue weighted by atomic mass is 35.5. The van der Waals surface area contributed by atoms with Gasteiger partial charge in [-0.2, -0.15) is 0 Å². The van der Waals surface area contributed by atoms with E-state index in [4.69, 9.17) is 16.0 Å². The second-order valence-corrected chi connectivity index (χ2v) is 7.85. The molecule has 0 atom stereocenters. The molecule has 0 saturated heterocycles. The van der Waals surface area contributed by atoms with Crippen molar-refractivity contribution in [1.82, 2.24) is 9.55 Å². The molecule has 30 heavy (non-hydrogen) atoms. The van der Waals surface area contributed by atoms with Crippen molar-refractivity contribution < 1.29 is 14.3 Å². The van der Waals surface area contributed by atoms with Gasteiger partial charge in [0.05, 0.1) is 24.9 Å². The van der Waals surface area contributed by atoms with Crippen molar-refractivity contribution in [3.05, 3.63) is 81.8 Å². The highest BCUT2D eigenvalue weighted by Crippen LogP contribution is 2.22. The van der Waals surface area contributed by atoms with Crippen LogP contribution in [-0.2, 0) is 24.2 Å².